The van der Waals surface area contributed by atoms with Crippen molar-refractivity contribution in [2.24, 2.45) is 5.41 Å². The van der Waals surface area contributed by atoms with Gasteiger partial charge in [-0.3, -0.25) is 9.59 Å². The van der Waals surface area contributed by atoms with Gasteiger partial charge in [0.05, 0.1) is 11.8 Å². The number of nitrogens with zero attached hydrogens (tertiary/aromatic N) is 2. The normalized spacial score (nSPS) is 17.6. The van der Waals surface area contributed by atoms with Crippen LogP contribution in [0.1, 0.15) is 50.6 Å². The van der Waals surface area contributed by atoms with Gasteiger partial charge in [-0.15, -0.1) is 11.3 Å². The smallest absolute Gasteiger partial charge is 0.245 e. The summed E-state index contributed by atoms with van der Waals surface area (Å²) in [6.07, 6.45) is 2.38. The zero-order valence-corrected chi connectivity index (χ0v) is 16.7. The Hall–Kier alpha value is -1.47. The maximum Gasteiger partial charge on any atom is 0.245 e. The molecule has 1 aliphatic heterocycles. The number of aryl methyl sites for hydroxylation is 2. The average Bonchev–Trinajstić information content (AvgIpc) is 3.07. The Morgan fingerprint density at radius 2 is 2.08 bits per heavy atom. The van der Waals surface area contributed by atoms with Crippen LogP contribution >= 0.6 is 11.3 Å². The molecule has 1 aromatic heterocycles. The number of nitrogens with one attached hydrogen (secondary N) is 1. The van der Waals surface area contributed by atoms with Crippen molar-refractivity contribution in [3.8, 4) is 0 Å². The van der Waals surface area contributed by atoms with Crippen molar-refractivity contribution in [1.29, 1.82) is 0 Å². The number of aromatic nitrogens is 1. The third kappa shape index (κ3) is 6.40. The molecular formula is C18H29N3O3S. The van der Waals surface area contributed by atoms with E-state index in [1.54, 1.807) is 4.90 Å². The number of amides is 2. The van der Waals surface area contributed by atoms with E-state index in [-0.39, 0.29) is 29.9 Å². The van der Waals surface area contributed by atoms with Gasteiger partial charge in [0, 0.05) is 24.4 Å². The summed E-state index contributed by atoms with van der Waals surface area (Å²) in [5, 5.41) is 3.39. The first-order chi connectivity index (χ1) is 11.6. The van der Waals surface area contributed by atoms with Crippen LogP contribution in [0.3, 0.4) is 0 Å². The van der Waals surface area contributed by atoms with Gasteiger partial charge >= 0.3 is 0 Å². The molecule has 2 heterocycles. The van der Waals surface area contributed by atoms with E-state index < -0.39 is 0 Å². The molecule has 1 fully saturated rings. The molecule has 0 aromatic carbocycles. The Balaban J connectivity index is 2.00. The first-order valence-corrected chi connectivity index (χ1v) is 9.59. The Morgan fingerprint density at radius 1 is 1.36 bits per heavy atom. The molecule has 2 amide bonds. The highest BCUT2D eigenvalue weighted by atomic mass is 32.1. The molecule has 1 atom stereocenters. The van der Waals surface area contributed by atoms with Crippen LogP contribution in [0.15, 0.2) is 0 Å². The lowest BCUT2D eigenvalue weighted by Gasteiger charge is -2.28. The highest BCUT2D eigenvalue weighted by Gasteiger charge is 2.27. The minimum absolute atomic E-state index is 0.00958. The SMILES string of the molecule is Cc1nc(NC(=O)CN(C[C@H]2CCCO2)C(=O)CC(C)(C)C)sc1C. The Bertz CT molecular complexity index is 596. The Labute approximate surface area is 154 Å². The fourth-order valence-corrected chi connectivity index (χ4v) is 3.54. The van der Waals surface area contributed by atoms with E-state index in [0.717, 1.165) is 30.0 Å². The van der Waals surface area contributed by atoms with Crippen LogP contribution in [0, 0.1) is 19.3 Å². The van der Waals surface area contributed by atoms with Gasteiger partial charge in [-0.05, 0) is 32.1 Å². The molecule has 1 N–H and O–H groups in total. The highest BCUT2D eigenvalue weighted by Crippen LogP contribution is 2.23. The molecule has 0 radical (unpaired) electrons. The molecule has 0 aliphatic carbocycles. The molecule has 25 heavy (non-hydrogen) atoms. The molecule has 0 spiro atoms. The van der Waals surface area contributed by atoms with E-state index >= 15 is 0 Å². The monoisotopic (exact) mass is 367 g/mol. The zero-order valence-electron chi connectivity index (χ0n) is 15.8. The van der Waals surface area contributed by atoms with Crippen molar-refractivity contribution in [2.45, 2.75) is 60.0 Å². The Morgan fingerprint density at radius 3 is 2.60 bits per heavy atom. The van der Waals surface area contributed by atoms with Gasteiger partial charge in [-0.1, -0.05) is 20.8 Å². The van der Waals surface area contributed by atoms with E-state index in [1.807, 2.05) is 34.6 Å². The fourth-order valence-electron chi connectivity index (χ4n) is 2.71. The summed E-state index contributed by atoms with van der Waals surface area (Å²) >= 11 is 1.45. The molecule has 0 bridgehead atoms. The lowest BCUT2D eigenvalue weighted by atomic mass is 9.91. The van der Waals surface area contributed by atoms with Crippen LogP contribution in [0.2, 0.25) is 0 Å². The van der Waals surface area contributed by atoms with E-state index in [4.69, 9.17) is 4.74 Å². The molecule has 0 saturated carbocycles. The predicted octanol–water partition coefficient (Wildman–Crippen LogP) is 3.14. The fraction of sp³-hybridized carbons (Fsp3) is 0.722. The van der Waals surface area contributed by atoms with Crippen LogP contribution in [-0.2, 0) is 14.3 Å². The van der Waals surface area contributed by atoms with Crippen LogP contribution in [-0.4, -0.2) is 47.5 Å². The number of rotatable bonds is 6. The maximum atomic E-state index is 12.7. The van der Waals surface area contributed by atoms with E-state index in [1.165, 1.54) is 11.3 Å². The zero-order chi connectivity index (χ0) is 18.6. The lowest BCUT2D eigenvalue weighted by Crippen LogP contribution is -2.43. The van der Waals surface area contributed by atoms with Crippen molar-refractivity contribution in [3.63, 3.8) is 0 Å². The van der Waals surface area contributed by atoms with Crippen molar-refractivity contribution in [1.82, 2.24) is 9.88 Å². The maximum absolute atomic E-state index is 12.7. The molecule has 1 aromatic rings. The summed E-state index contributed by atoms with van der Waals surface area (Å²) in [5.41, 5.74) is 0.798. The molecule has 1 saturated heterocycles. The second-order valence-corrected chi connectivity index (χ2v) is 9.06. The van der Waals surface area contributed by atoms with Crippen LogP contribution in [0.5, 0.6) is 0 Å². The van der Waals surface area contributed by atoms with E-state index in [9.17, 15) is 9.59 Å². The summed E-state index contributed by atoms with van der Waals surface area (Å²) in [7, 11) is 0. The van der Waals surface area contributed by atoms with Gasteiger partial charge in [0.25, 0.3) is 0 Å². The topological polar surface area (TPSA) is 71.5 Å². The molecule has 7 heteroatoms. The molecular weight excluding hydrogens is 338 g/mol. The number of anilines is 1. The minimum Gasteiger partial charge on any atom is -0.376 e. The van der Waals surface area contributed by atoms with Crippen molar-refractivity contribution >= 4 is 28.3 Å². The predicted molar refractivity (Wildman–Crippen MR) is 99.8 cm³/mol. The molecule has 6 nitrogen and oxygen atoms in total. The molecule has 1 aliphatic rings. The number of ether oxygens (including phenoxy) is 1. The van der Waals surface area contributed by atoms with Crippen LogP contribution < -0.4 is 5.32 Å². The van der Waals surface area contributed by atoms with Crippen molar-refractivity contribution in [3.05, 3.63) is 10.6 Å². The average molecular weight is 368 g/mol. The minimum atomic E-state index is -0.214. The third-order valence-electron chi connectivity index (χ3n) is 4.09. The van der Waals surface area contributed by atoms with Crippen molar-refractivity contribution < 1.29 is 14.3 Å². The molecule has 0 unspecified atom stereocenters. The second-order valence-electron chi connectivity index (χ2n) is 7.86. The summed E-state index contributed by atoms with van der Waals surface area (Å²) < 4.78 is 5.65. The van der Waals surface area contributed by atoms with Gasteiger partial charge in [0.15, 0.2) is 5.13 Å². The third-order valence-corrected chi connectivity index (χ3v) is 5.08. The largest absolute Gasteiger partial charge is 0.376 e. The number of carbonyl (C=O) groups excluding carboxylic acids is 2. The second kappa shape index (κ2) is 8.27. The molecule has 2 rings (SSSR count). The van der Waals surface area contributed by atoms with Gasteiger partial charge < -0.3 is 15.0 Å². The van der Waals surface area contributed by atoms with Crippen LogP contribution in [0.25, 0.3) is 0 Å². The number of carbonyl (C=O) groups is 2. The van der Waals surface area contributed by atoms with E-state index in [0.29, 0.717) is 18.1 Å². The first-order valence-electron chi connectivity index (χ1n) is 8.77. The molecule has 140 valence electrons. The quantitative estimate of drug-likeness (QED) is 0.838. The Kier molecular flexibility index (Phi) is 6.57. The van der Waals surface area contributed by atoms with Gasteiger partial charge in [-0.2, -0.15) is 0 Å². The van der Waals surface area contributed by atoms with Crippen LogP contribution in [0.4, 0.5) is 5.13 Å². The summed E-state index contributed by atoms with van der Waals surface area (Å²) in [6.45, 7) is 11.2. The van der Waals surface area contributed by atoms with Gasteiger partial charge in [0.1, 0.15) is 6.54 Å². The standard InChI is InChI=1S/C18H29N3O3S/c1-12-13(2)25-17(19-12)20-15(22)11-21(10-14-7-6-8-24-14)16(23)9-18(3,4)5/h14H,6-11H2,1-5H3,(H,19,20,22)/t14-/m1/s1. The van der Waals surface area contributed by atoms with E-state index in [2.05, 4.69) is 10.3 Å². The van der Waals surface area contributed by atoms with Gasteiger partial charge in [-0.25, -0.2) is 4.98 Å². The number of hydrogen-bond acceptors (Lipinski definition) is 5. The first kappa shape index (κ1) is 19.8. The van der Waals surface area contributed by atoms with Crippen molar-refractivity contribution in [2.75, 3.05) is 25.0 Å². The summed E-state index contributed by atoms with van der Waals surface area (Å²) in [4.78, 5) is 32.1. The van der Waals surface area contributed by atoms with Gasteiger partial charge in [0.2, 0.25) is 11.8 Å². The number of thiazole rings is 1. The highest BCUT2D eigenvalue weighted by molar-refractivity contribution is 7.15. The summed E-state index contributed by atoms with van der Waals surface area (Å²) in [6, 6.07) is 0. The summed E-state index contributed by atoms with van der Waals surface area (Å²) in [5.74, 6) is -0.223. The lowest BCUT2D eigenvalue weighted by molar-refractivity contribution is -0.137. The number of hydrogen-bond donors (Lipinski definition) is 1.